The minimum Gasteiger partial charge on any atom is -0.328 e. The number of nitro benzene ring substituents is 1. The molecule has 3 aromatic rings. The molecule has 0 radical (unpaired) electrons. The average molecular weight is 461 g/mol. The Kier molecular flexibility index (Phi) is 6.31. The lowest BCUT2D eigenvalue weighted by molar-refractivity contribution is -0.384. The van der Waals surface area contributed by atoms with Crippen LogP contribution in [0.4, 0.5) is 5.69 Å². The van der Waals surface area contributed by atoms with Crippen LogP contribution >= 0.6 is 11.8 Å². The molecule has 164 valence electrons. The van der Waals surface area contributed by atoms with Crippen molar-refractivity contribution in [3.63, 3.8) is 0 Å². The number of piperidine rings is 1. The highest BCUT2D eigenvalue weighted by Gasteiger charge is 2.26. The Balaban J connectivity index is 1.59. The number of thioether (sulfide) groups is 1. The van der Waals surface area contributed by atoms with Crippen molar-refractivity contribution in [1.29, 1.82) is 0 Å². The van der Waals surface area contributed by atoms with Gasteiger partial charge in [-0.2, -0.15) is 4.31 Å². The predicted octanol–water partition coefficient (Wildman–Crippen LogP) is 4.43. The number of hydrogen-bond donors (Lipinski definition) is 0. The van der Waals surface area contributed by atoms with Crippen LogP contribution in [0.5, 0.6) is 0 Å². The maximum Gasteiger partial charge on any atom is 0.269 e. The first-order valence-electron chi connectivity index (χ1n) is 10.3. The van der Waals surface area contributed by atoms with Crippen LogP contribution in [0, 0.1) is 10.1 Å². The number of aryl methyl sites for hydroxylation is 1. The Morgan fingerprint density at radius 1 is 1.10 bits per heavy atom. The van der Waals surface area contributed by atoms with Gasteiger partial charge in [0.1, 0.15) is 5.82 Å². The highest BCUT2D eigenvalue weighted by atomic mass is 32.2. The standard InChI is InChI=1S/C21H24N4O4S2/c1-2-24-20-11-10-18(31(28,29)23-12-4-3-5-13-23)14-19(20)22-21(24)15-30-17-8-6-16(7-9-17)25(26)27/h6-11,14H,2-5,12-13,15H2,1H3. The Labute approximate surface area is 185 Å². The highest BCUT2D eigenvalue weighted by molar-refractivity contribution is 7.98. The fourth-order valence-corrected chi connectivity index (χ4v) is 6.23. The van der Waals surface area contributed by atoms with Crippen molar-refractivity contribution < 1.29 is 13.3 Å². The third kappa shape index (κ3) is 4.46. The van der Waals surface area contributed by atoms with E-state index in [9.17, 15) is 18.5 Å². The van der Waals surface area contributed by atoms with E-state index < -0.39 is 14.9 Å². The molecule has 31 heavy (non-hydrogen) atoms. The molecule has 0 atom stereocenters. The lowest BCUT2D eigenvalue weighted by atomic mass is 10.2. The zero-order chi connectivity index (χ0) is 22.0. The molecular weight excluding hydrogens is 436 g/mol. The number of nitrogens with zero attached hydrogens (tertiary/aromatic N) is 4. The number of nitro groups is 1. The van der Waals surface area contributed by atoms with E-state index in [1.807, 2.05) is 13.0 Å². The van der Waals surface area contributed by atoms with Crippen LogP contribution in [0.25, 0.3) is 11.0 Å². The first-order valence-corrected chi connectivity index (χ1v) is 12.7. The number of imidazole rings is 1. The van der Waals surface area contributed by atoms with Crippen LogP contribution < -0.4 is 0 Å². The van der Waals surface area contributed by atoms with E-state index in [4.69, 9.17) is 4.98 Å². The lowest BCUT2D eigenvalue weighted by Crippen LogP contribution is -2.35. The minimum atomic E-state index is -3.51. The molecular formula is C21H24N4O4S2. The summed E-state index contributed by atoms with van der Waals surface area (Å²) < 4.78 is 29.7. The highest BCUT2D eigenvalue weighted by Crippen LogP contribution is 2.29. The van der Waals surface area contributed by atoms with E-state index in [-0.39, 0.29) is 10.6 Å². The molecule has 0 spiro atoms. The summed E-state index contributed by atoms with van der Waals surface area (Å²) in [6.07, 6.45) is 2.87. The van der Waals surface area contributed by atoms with Crippen molar-refractivity contribution in [2.24, 2.45) is 0 Å². The van der Waals surface area contributed by atoms with E-state index >= 15 is 0 Å². The molecule has 2 heterocycles. The molecule has 1 aliphatic heterocycles. The maximum absolute atomic E-state index is 13.0. The number of non-ortho nitro benzene ring substituents is 1. The fraction of sp³-hybridized carbons (Fsp3) is 0.381. The van der Waals surface area contributed by atoms with E-state index in [0.29, 0.717) is 30.9 Å². The van der Waals surface area contributed by atoms with Crippen LogP contribution in [0.1, 0.15) is 32.0 Å². The van der Waals surface area contributed by atoms with Crippen LogP contribution in [0.2, 0.25) is 0 Å². The fourth-order valence-electron chi connectivity index (χ4n) is 3.85. The number of benzene rings is 2. The van der Waals surface area contributed by atoms with Crippen LogP contribution in [0.15, 0.2) is 52.3 Å². The molecule has 1 saturated heterocycles. The summed E-state index contributed by atoms with van der Waals surface area (Å²) in [5.74, 6) is 1.42. The molecule has 8 nitrogen and oxygen atoms in total. The van der Waals surface area contributed by atoms with Crippen molar-refractivity contribution in [2.75, 3.05) is 13.1 Å². The summed E-state index contributed by atoms with van der Waals surface area (Å²) in [6, 6.07) is 11.6. The molecule has 0 aliphatic carbocycles. The summed E-state index contributed by atoms with van der Waals surface area (Å²) >= 11 is 1.54. The van der Waals surface area contributed by atoms with Crippen molar-refractivity contribution in [3.05, 3.63) is 58.4 Å². The molecule has 0 unspecified atom stereocenters. The van der Waals surface area contributed by atoms with Gasteiger partial charge in [-0.1, -0.05) is 6.42 Å². The number of hydrogen-bond acceptors (Lipinski definition) is 6. The second kappa shape index (κ2) is 8.97. The Morgan fingerprint density at radius 3 is 2.45 bits per heavy atom. The molecule has 0 bridgehead atoms. The van der Waals surface area contributed by atoms with Crippen LogP contribution in [0.3, 0.4) is 0 Å². The Hall–Kier alpha value is -2.43. The molecule has 0 amide bonds. The summed E-state index contributed by atoms with van der Waals surface area (Å²) in [6.45, 7) is 3.88. The second-order valence-electron chi connectivity index (χ2n) is 7.43. The quantitative estimate of drug-likeness (QED) is 0.294. The van der Waals surface area contributed by atoms with Gasteiger partial charge in [0.05, 0.1) is 26.6 Å². The van der Waals surface area contributed by atoms with Crippen molar-refractivity contribution in [1.82, 2.24) is 13.9 Å². The Morgan fingerprint density at radius 2 is 1.81 bits per heavy atom. The van der Waals surface area contributed by atoms with Gasteiger partial charge in [-0.05, 0) is 50.1 Å². The number of fused-ring (bicyclic) bond motifs is 1. The monoisotopic (exact) mass is 460 g/mol. The van der Waals surface area contributed by atoms with Gasteiger partial charge in [-0.15, -0.1) is 11.8 Å². The van der Waals surface area contributed by atoms with Gasteiger partial charge < -0.3 is 4.57 Å². The normalized spacial score (nSPS) is 15.4. The largest absolute Gasteiger partial charge is 0.328 e. The van der Waals surface area contributed by atoms with Gasteiger partial charge in [-0.3, -0.25) is 10.1 Å². The average Bonchev–Trinajstić information content (AvgIpc) is 3.15. The van der Waals surface area contributed by atoms with Gasteiger partial charge in [0.15, 0.2) is 0 Å². The molecule has 4 rings (SSSR count). The van der Waals surface area contributed by atoms with Gasteiger partial charge in [-0.25, -0.2) is 13.4 Å². The molecule has 0 N–H and O–H groups in total. The van der Waals surface area contributed by atoms with Crippen molar-refractivity contribution in [2.45, 2.75) is 48.3 Å². The van der Waals surface area contributed by atoms with Gasteiger partial charge in [0, 0.05) is 36.7 Å². The maximum atomic E-state index is 13.0. The zero-order valence-corrected chi connectivity index (χ0v) is 18.9. The Bertz CT molecular complexity index is 1200. The topological polar surface area (TPSA) is 98.3 Å². The predicted molar refractivity (Wildman–Crippen MR) is 121 cm³/mol. The van der Waals surface area contributed by atoms with E-state index in [2.05, 4.69) is 4.57 Å². The number of rotatable bonds is 7. The van der Waals surface area contributed by atoms with Crippen molar-refractivity contribution >= 4 is 38.5 Å². The molecule has 1 aliphatic rings. The van der Waals surface area contributed by atoms with Gasteiger partial charge in [0.2, 0.25) is 10.0 Å². The molecule has 1 aromatic heterocycles. The summed E-state index contributed by atoms with van der Waals surface area (Å²) in [4.78, 5) is 16.3. The first-order chi connectivity index (χ1) is 14.9. The summed E-state index contributed by atoms with van der Waals surface area (Å²) in [5.41, 5.74) is 1.63. The van der Waals surface area contributed by atoms with E-state index in [0.717, 1.165) is 35.5 Å². The van der Waals surface area contributed by atoms with Gasteiger partial charge >= 0.3 is 0 Å². The molecule has 0 saturated carbocycles. The zero-order valence-electron chi connectivity index (χ0n) is 17.2. The smallest absolute Gasteiger partial charge is 0.269 e. The summed E-state index contributed by atoms with van der Waals surface area (Å²) in [5, 5.41) is 10.8. The molecule has 10 heteroatoms. The minimum absolute atomic E-state index is 0.0626. The van der Waals surface area contributed by atoms with Gasteiger partial charge in [0.25, 0.3) is 5.69 Å². The lowest BCUT2D eigenvalue weighted by Gasteiger charge is -2.25. The first kappa shape index (κ1) is 21.8. The third-order valence-corrected chi connectivity index (χ3v) is 8.39. The second-order valence-corrected chi connectivity index (χ2v) is 10.4. The SMILES string of the molecule is CCn1c(CSc2ccc([N+](=O)[O-])cc2)nc2cc(S(=O)(=O)N3CCCCC3)ccc21. The van der Waals surface area contributed by atoms with E-state index in [1.54, 1.807) is 28.6 Å². The molecule has 1 fully saturated rings. The molecule has 2 aromatic carbocycles. The number of sulfonamides is 1. The van der Waals surface area contributed by atoms with Crippen LogP contribution in [-0.4, -0.2) is 40.3 Å². The third-order valence-electron chi connectivity index (χ3n) is 5.48. The van der Waals surface area contributed by atoms with Crippen LogP contribution in [-0.2, 0) is 22.3 Å². The van der Waals surface area contributed by atoms with E-state index in [1.165, 1.54) is 23.9 Å². The summed E-state index contributed by atoms with van der Waals surface area (Å²) in [7, 11) is -3.51. The van der Waals surface area contributed by atoms with Crippen molar-refractivity contribution in [3.8, 4) is 0 Å². The number of aromatic nitrogens is 2.